The van der Waals surface area contributed by atoms with E-state index in [2.05, 4.69) is 0 Å². The molecule has 3 rings (SSSR count). The molecule has 36 heavy (non-hydrogen) atoms. The molecule has 1 amide bonds. The first-order valence-corrected chi connectivity index (χ1v) is 11.3. The van der Waals surface area contributed by atoms with Crippen LogP contribution in [0.25, 0.3) is 0 Å². The molecule has 1 saturated heterocycles. The molecule has 0 atom stereocenters. The van der Waals surface area contributed by atoms with Gasteiger partial charge in [0.25, 0.3) is 5.91 Å². The Kier molecular flexibility index (Phi) is 6.89. The second-order valence-electron chi connectivity index (χ2n) is 9.32. The first-order valence-electron chi connectivity index (χ1n) is 10.9. The van der Waals surface area contributed by atoms with Crippen LogP contribution >= 0.6 is 12.2 Å². The van der Waals surface area contributed by atoms with E-state index < -0.39 is 46.1 Å². The summed E-state index contributed by atoms with van der Waals surface area (Å²) in [5.41, 5.74) is -4.39. The molecule has 0 aromatic heterocycles. The van der Waals surface area contributed by atoms with Crippen molar-refractivity contribution in [2.75, 3.05) is 9.80 Å². The predicted octanol–water partition coefficient (Wildman–Crippen LogP) is 5.98. The van der Waals surface area contributed by atoms with Crippen LogP contribution in [0.1, 0.15) is 62.5 Å². The van der Waals surface area contributed by atoms with E-state index in [0.29, 0.717) is 12.5 Å². The van der Waals surface area contributed by atoms with E-state index in [1.165, 1.54) is 43.0 Å². The van der Waals surface area contributed by atoms with Crippen molar-refractivity contribution < 1.29 is 31.9 Å². The summed E-state index contributed by atoms with van der Waals surface area (Å²) in [7, 11) is 0. The van der Waals surface area contributed by atoms with Crippen molar-refractivity contribution in [2.24, 2.45) is 0 Å². The Balaban J connectivity index is 2.02. The largest absolute Gasteiger partial charge is 0.456 e. The number of hydrogen-bond acceptors (Lipinski definition) is 5. The standard InChI is InChI=1S/C25H23F4N3O3S/c1-6-23(2,3)35-20(33)17-10-9-16(12-19(17)26)32-22(36)31(21(34)24(32,4)5)15-8-7-14(13-30)18(11-15)25(27,28)29/h7-12H,6H2,1-5H3. The smallest absolute Gasteiger partial charge is 0.417 e. The van der Waals surface area contributed by atoms with Crippen LogP contribution in [0.4, 0.5) is 28.9 Å². The van der Waals surface area contributed by atoms with E-state index in [9.17, 15) is 27.2 Å². The van der Waals surface area contributed by atoms with E-state index in [0.717, 1.165) is 17.0 Å². The van der Waals surface area contributed by atoms with Gasteiger partial charge in [0.05, 0.1) is 28.4 Å². The van der Waals surface area contributed by atoms with E-state index in [1.54, 1.807) is 13.8 Å². The summed E-state index contributed by atoms with van der Waals surface area (Å²) in [4.78, 5) is 27.9. The molecule has 190 valence electrons. The minimum Gasteiger partial charge on any atom is -0.456 e. The number of carbonyl (C=O) groups excluding carboxylic acids is 2. The fraction of sp³-hybridized carbons (Fsp3) is 0.360. The van der Waals surface area contributed by atoms with Gasteiger partial charge >= 0.3 is 12.1 Å². The maximum atomic E-state index is 15.0. The molecule has 0 unspecified atom stereocenters. The highest BCUT2D eigenvalue weighted by Crippen LogP contribution is 2.40. The molecule has 0 spiro atoms. The van der Waals surface area contributed by atoms with Crippen LogP contribution in [-0.4, -0.2) is 28.1 Å². The number of thiocarbonyl (C=S) groups is 1. The van der Waals surface area contributed by atoms with Gasteiger partial charge in [-0.3, -0.25) is 9.69 Å². The average Bonchev–Trinajstić information content (AvgIpc) is 2.95. The second kappa shape index (κ2) is 9.17. The number of carbonyl (C=O) groups is 2. The monoisotopic (exact) mass is 521 g/mol. The molecule has 0 bridgehead atoms. The van der Waals surface area contributed by atoms with Gasteiger partial charge in [-0.2, -0.15) is 18.4 Å². The lowest BCUT2D eigenvalue weighted by Crippen LogP contribution is -2.44. The quantitative estimate of drug-likeness (QED) is 0.274. The predicted molar refractivity (Wildman–Crippen MR) is 129 cm³/mol. The molecule has 11 heteroatoms. The third-order valence-corrected chi connectivity index (χ3v) is 6.37. The molecular formula is C25H23F4N3O3S. The lowest BCUT2D eigenvalue weighted by atomic mass is 10.0. The number of halogens is 4. The average molecular weight is 522 g/mol. The first-order chi connectivity index (χ1) is 16.5. The first kappa shape index (κ1) is 27.1. The molecule has 0 aliphatic carbocycles. The molecule has 0 saturated carbocycles. The number of hydrogen-bond donors (Lipinski definition) is 0. The highest BCUT2D eigenvalue weighted by atomic mass is 32.1. The topological polar surface area (TPSA) is 73.6 Å². The number of anilines is 2. The van der Waals surface area contributed by atoms with Crippen molar-refractivity contribution in [3.8, 4) is 6.07 Å². The van der Waals surface area contributed by atoms with Gasteiger partial charge < -0.3 is 9.64 Å². The Labute approximate surface area is 211 Å². The summed E-state index contributed by atoms with van der Waals surface area (Å²) in [5, 5.41) is 8.86. The summed E-state index contributed by atoms with van der Waals surface area (Å²) >= 11 is 5.44. The number of nitrogens with zero attached hydrogens (tertiary/aromatic N) is 3. The van der Waals surface area contributed by atoms with Crippen molar-refractivity contribution in [3.63, 3.8) is 0 Å². The SMILES string of the molecule is CCC(C)(C)OC(=O)c1ccc(N2C(=S)N(c3ccc(C#N)c(C(F)(F)F)c3)C(=O)C2(C)C)cc1F. The Morgan fingerprint density at radius 2 is 1.75 bits per heavy atom. The van der Waals surface area contributed by atoms with Gasteiger partial charge in [-0.15, -0.1) is 0 Å². The second-order valence-corrected chi connectivity index (χ2v) is 9.69. The van der Waals surface area contributed by atoms with E-state index >= 15 is 0 Å². The third kappa shape index (κ3) is 4.78. The maximum Gasteiger partial charge on any atom is 0.417 e. The summed E-state index contributed by atoms with van der Waals surface area (Å²) in [6.45, 7) is 8.17. The summed E-state index contributed by atoms with van der Waals surface area (Å²) < 4.78 is 60.8. The number of benzene rings is 2. The fourth-order valence-electron chi connectivity index (χ4n) is 3.65. The zero-order valence-corrected chi connectivity index (χ0v) is 21.0. The van der Waals surface area contributed by atoms with Crippen molar-refractivity contribution >= 4 is 40.6 Å². The zero-order chi connectivity index (χ0) is 27.2. The molecule has 1 aliphatic heterocycles. The summed E-state index contributed by atoms with van der Waals surface area (Å²) in [6, 6.07) is 7.91. The summed E-state index contributed by atoms with van der Waals surface area (Å²) in [5.74, 6) is -2.42. The van der Waals surface area contributed by atoms with Crippen molar-refractivity contribution in [1.82, 2.24) is 0 Å². The van der Waals surface area contributed by atoms with Gasteiger partial charge in [0, 0.05) is 5.69 Å². The van der Waals surface area contributed by atoms with Gasteiger partial charge in [0.2, 0.25) is 0 Å². The van der Waals surface area contributed by atoms with Gasteiger partial charge in [-0.1, -0.05) is 6.92 Å². The van der Waals surface area contributed by atoms with Crippen LogP contribution in [0.5, 0.6) is 0 Å². The van der Waals surface area contributed by atoms with Crippen LogP contribution in [-0.2, 0) is 15.7 Å². The van der Waals surface area contributed by atoms with E-state index in [4.69, 9.17) is 22.2 Å². The molecule has 2 aromatic carbocycles. The van der Waals surface area contributed by atoms with E-state index in [-0.39, 0.29) is 22.1 Å². The van der Waals surface area contributed by atoms with Crippen molar-refractivity contribution in [2.45, 2.75) is 58.4 Å². The van der Waals surface area contributed by atoms with Crippen LogP contribution in [0, 0.1) is 17.1 Å². The summed E-state index contributed by atoms with van der Waals surface area (Å²) in [6.07, 6.45) is -4.32. The minimum atomic E-state index is -4.83. The minimum absolute atomic E-state index is 0.120. The fourth-order valence-corrected chi connectivity index (χ4v) is 4.17. The number of ether oxygens (including phenoxy) is 1. The highest BCUT2D eigenvalue weighted by Gasteiger charge is 2.51. The lowest BCUT2D eigenvalue weighted by molar-refractivity contribution is -0.137. The Hall–Kier alpha value is -3.52. The number of amides is 1. The third-order valence-electron chi connectivity index (χ3n) is 6.01. The molecule has 1 heterocycles. The van der Waals surface area contributed by atoms with E-state index in [1.807, 2.05) is 6.92 Å². The molecule has 1 aliphatic rings. The number of rotatable bonds is 5. The molecule has 6 nitrogen and oxygen atoms in total. The van der Waals surface area contributed by atoms with Crippen LogP contribution in [0.2, 0.25) is 0 Å². The molecule has 2 aromatic rings. The van der Waals surface area contributed by atoms with Gasteiger partial charge in [0.15, 0.2) is 5.11 Å². The molecule has 1 fully saturated rings. The van der Waals surface area contributed by atoms with Crippen LogP contribution in [0.15, 0.2) is 36.4 Å². The Morgan fingerprint density at radius 1 is 1.14 bits per heavy atom. The van der Waals surface area contributed by atoms with Crippen LogP contribution < -0.4 is 9.80 Å². The maximum absolute atomic E-state index is 15.0. The number of alkyl halides is 3. The van der Waals surface area contributed by atoms with Crippen molar-refractivity contribution in [3.05, 3.63) is 58.9 Å². The highest BCUT2D eigenvalue weighted by molar-refractivity contribution is 7.81. The van der Waals surface area contributed by atoms with Gasteiger partial charge in [-0.05, 0) is 82.7 Å². The Bertz CT molecular complexity index is 1300. The number of nitriles is 1. The Morgan fingerprint density at radius 3 is 2.28 bits per heavy atom. The van der Waals surface area contributed by atoms with Crippen molar-refractivity contribution in [1.29, 1.82) is 5.26 Å². The zero-order valence-electron chi connectivity index (χ0n) is 20.2. The molecule has 0 N–H and O–H groups in total. The van der Waals surface area contributed by atoms with Gasteiger partial charge in [0.1, 0.15) is 17.0 Å². The normalized spacial score (nSPS) is 15.8. The van der Waals surface area contributed by atoms with Crippen LogP contribution in [0.3, 0.4) is 0 Å². The van der Waals surface area contributed by atoms with Gasteiger partial charge in [-0.25, -0.2) is 9.18 Å². The number of esters is 1. The molecule has 0 radical (unpaired) electrons. The molecular weight excluding hydrogens is 498 g/mol. The lowest BCUT2D eigenvalue weighted by Gasteiger charge is -2.29.